The van der Waals surface area contributed by atoms with Crippen LogP contribution in [0.3, 0.4) is 0 Å². The molecule has 0 spiro atoms. The van der Waals surface area contributed by atoms with Gasteiger partial charge in [0.2, 0.25) is 0 Å². The van der Waals surface area contributed by atoms with Crippen LogP contribution < -0.4 is 10.1 Å². The molecule has 5 heteroatoms. The average Bonchev–Trinajstić information content (AvgIpc) is 2.76. The van der Waals surface area contributed by atoms with Crippen LogP contribution in [0.15, 0.2) is 72.8 Å². The lowest BCUT2D eigenvalue weighted by molar-refractivity contribution is -0.122. The number of carbonyl (C=O) groups is 2. The molecule has 0 saturated heterocycles. The number of amides is 1. The van der Waals surface area contributed by atoms with E-state index in [1.165, 1.54) is 5.56 Å². The first kappa shape index (κ1) is 23.6. The zero-order valence-corrected chi connectivity index (χ0v) is 19.6. The maximum Gasteiger partial charge on any atom is 0.265 e. The second-order valence-electron chi connectivity index (χ2n) is 8.70. The Bertz CT molecular complexity index is 1100. The van der Waals surface area contributed by atoms with Crippen molar-refractivity contribution in [1.29, 1.82) is 0 Å². The summed E-state index contributed by atoms with van der Waals surface area (Å²) in [5, 5.41) is 3.40. The molecule has 0 aliphatic heterocycles. The molecule has 0 bridgehead atoms. The van der Waals surface area contributed by atoms with Gasteiger partial charge in [-0.1, -0.05) is 81.8 Å². The van der Waals surface area contributed by atoms with Gasteiger partial charge in [0.25, 0.3) is 5.91 Å². The molecular formula is C27H28ClNO3. The number of benzene rings is 3. The van der Waals surface area contributed by atoms with Crippen LogP contribution in [0, 0.1) is 0 Å². The molecule has 1 atom stereocenters. The Morgan fingerprint density at radius 3 is 2.25 bits per heavy atom. The predicted octanol–water partition coefficient (Wildman–Crippen LogP) is 6.66. The minimum absolute atomic E-state index is 0.0226. The lowest BCUT2D eigenvalue weighted by Crippen LogP contribution is -2.32. The van der Waals surface area contributed by atoms with E-state index in [1.54, 1.807) is 48.5 Å². The molecule has 0 aliphatic rings. The molecule has 0 heterocycles. The number of carbonyl (C=O) groups excluding carboxylic acids is 2. The molecular weight excluding hydrogens is 422 g/mol. The van der Waals surface area contributed by atoms with Gasteiger partial charge in [0.1, 0.15) is 5.75 Å². The van der Waals surface area contributed by atoms with Crippen LogP contribution >= 0.6 is 11.6 Å². The summed E-state index contributed by atoms with van der Waals surface area (Å²) in [4.78, 5) is 25.7. The number of hydrogen-bond donors (Lipinski definition) is 1. The highest BCUT2D eigenvalue weighted by molar-refractivity contribution is 6.30. The van der Waals surface area contributed by atoms with Crippen LogP contribution in [0.1, 0.15) is 55.6 Å². The Kier molecular flexibility index (Phi) is 7.37. The van der Waals surface area contributed by atoms with E-state index < -0.39 is 6.10 Å². The third-order valence-electron chi connectivity index (χ3n) is 5.14. The van der Waals surface area contributed by atoms with Gasteiger partial charge < -0.3 is 10.1 Å². The standard InChI is InChI=1S/C27H28ClNO3/c1-5-24(32-23-11-7-9-21(28)17-23)26(31)29-22-10-6-8-19(16-22)25(30)18-12-14-20(15-13-18)27(2,3)4/h6-17,24H,5H2,1-4H3,(H,29,31)/t24-/m0/s1. The van der Waals surface area contributed by atoms with E-state index in [0.717, 1.165) is 0 Å². The fourth-order valence-electron chi connectivity index (χ4n) is 3.28. The average molecular weight is 450 g/mol. The number of ether oxygens (including phenoxy) is 1. The largest absolute Gasteiger partial charge is 0.481 e. The number of rotatable bonds is 7. The summed E-state index contributed by atoms with van der Waals surface area (Å²) in [5.41, 5.74) is 2.85. The molecule has 166 valence electrons. The van der Waals surface area contributed by atoms with E-state index in [-0.39, 0.29) is 17.1 Å². The van der Waals surface area contributed by atoms with Crippen molar-refractivity contribution in [3.63, 3.8) is 0 Å². The van der Waals surface area contributed by atoms with Crippen LogP contribution in [0.25, 0.3) is 0 Å². The summed E-state index contributed by atoms with van der Waals surface area (Å²) in [6, 6.07) is 21.5. The van der Waals surface area contributed by atoms with Crippen LogP contribution in [0.5, 0.6) is 5.75 Å². The summed E-state index contributed by atoms with van der Waals surface area (Å²) >= 11 is 6.00. The molecule has 0 aliphatic carbocycles. The molecule has 0 aromatic heterocycles. The van der Waals surface area contributed by atoms with Gasteiger partial charge in [-0.3, -0.25) is 9.59 Å². The van der Waals surface area contributed by atoms with Crippen LogP contribution in [0.4, 0.5) is 5.69 Å². The Balaban J connectivity index is 1.72. The number of hydrogen-bond acceptors (Lipinski definition) is 3. The molecule has 4 nitrogen and oxygen atoms in total. The van der Waals surface area contributed by atoms with E-state index in [9.17, 15) is 9.59 Å². The molecule has 0 fully saturated rings. The van der Waals surface area contributed by atoms with Crippen molar-refractivity contribution in [3.8, 4) is 5.75 Å². The molecule has 1 N–H and O–H groups in total. The molecule has 0 radical (unpaired) electrons. The summed E-state index contributed by atoms with van der Waals surface area (Å²) in [6.45, 7) is 8.27. The molecule has 1 amide bonds. The van der Waals surface area contributed by atoms with Gasteiger partial charge in [0, 0.05) is 21.8 Å². The fourth-order valence-corrected chi connectivity index (χ4v) is 3.46. The van der Waals surface area contributed by atoms with Crippen molar-refractivity contribution in [1.82, 2.24) is 0 Å². The van der Waals surface area contributed by atoms with Crippen molar-refractivity contribution in [3.05, 3.63) is 94.5 Å². The maximum absolute atomic E-state index is 13.0. The number of nitrogens with one attached hydrogen (secondary N) is 1. The van der Waals surface area contributed by atoms with E-state index in [1.807, 2.05) is 31.2 Å². The summed E-state index contributed by atoms with van der Waals surface area (Å²) in [5.74, 6) is 0.150. The lowest BCUT2D eigenvalue weighted by Gasteiger charge is -2.19. The van der Waals surface area contributed by atoms with Gasteiger partial charge >= 0.3 is 0 Å². The van der Waals surface area contributed by atoms with Gasteiger partial charge in [-0.2, -0.15) is 0 Å². The first-order valence-corrected chi connectivity index (χ1v) is 11.0. The highest BCUT2D eigenvalue weighted by atomic mass is 35.5. The van der Waals surface area contributed by atoms with Gasteiger partial charge in [-0.25, -0.2) is 0 Å². The Morgan fingerprint density at radius 2 is 1.62 bits per heavy atom. The number of ketones is 1. The fraction of sp³-hybridized carbons (Fsp3) is 0.259. The van der Waals surface area contributed by atoms with Gasteiger partial charge in [-0.15, -0.1) is 0 Å². The van der Waals surface area contributed by atoms with Crippen LogP contribution in [0.2, 0.25) is 5.02 Å². The number of halogens is 1. The lowest BCUT2D eigenvalue weighted by atomic mass is 9.86. The SMILES string of the molecule is CC[C@H](Oc1cccc(Cl)c1)C(=O)Nc1cccc(C(=O)c2ccc(C(C)(C)C)cc2)c1. The quantitative estimate of drug-likeness (QED) is 0.410. The zero-order valence-electron chi connectivity index (χ0n) is 18.8. The normalized spacial score (nSPS) is 12.2. The minimum Gasteiger partial charge on any atom is -0.481 e. The van der Waals surface area contributed by atoms with E-state index in [0.29, 0.717) is 34.0 Å². The van der Waals surface area contributed by atoms with E-state index in [2.05, 4.69) is 26.1 Å². The monoisotopic (exact) mass is 449 g/mol. The van der Waals surface area contributed by atoms with E-state index >= 15 is 0 Å². The van der Waals surface area contributed by atoms with Gasteiger partial charge in [0.05, 0.1) is 0 Å². The maximum atomic E-state index is 13.0. The smallest absolute Gasteiger partial charge is 0.265 e. The topological polar surface area (TPSA) is 55.4 Å². The Hall–Kier alpha value is -3.11. The Labute approximate surface area is 194 Å². The molecule has 0 unspecified atom stereocenters. The van der Waals surface area contributed by atoms with Crippen LogP contribution in [-0.2, 0) is 10.2 Å². The zero-order chi connectivity index (χ0) is 23.3. The highest BCUT2D eigenvalue weighted by Gasteiger charge is 2.20. The second-order valence-corrected chi connectivity index (χ2v) is 9.14. The summed E-state index contributed by atoms with van der Waals surface area (Å²) in [6.07, 6.45) is -0.199. The van der Waals surface area contributed by atoms with Crippen molar-refractivity contribution < 1.29 is 14.3 Å². The first-order valence-electron chi connectivity index (χ1n) is 10.7. The third-order valence-corrected chi connectivity index (χ3v) is 5.38. The van der Waals surface area contributed by atoms with Crippen molar-refractivity contribution in [2.75, 3.05) is 5.32 Å². The molecule has 3 aromatic carbocycles. The van der Waals surface area contributed by atoms with Crippen molar-refractivity contribution >= 4 is 29.0 Å². The van der Waals surface area contributed by atoms with Crippen molar-refractivity contribution in [2.24, 2.45) is 0 Å². The first-order chi connectivity index (χ1) is 15.2. The van der Waals surface area contributed by atoms with Gasteiger partial charge in [-0.05, 0) is 47.7 Å². The highest BCUT2D eigenvalue weighted by Crippen LogP contribution is 2.24. The Morgan fingerprint density at radius 1 is 0.938 bits per heavy atom. The second kappa shape index (κ2) is 10.0. The van der Waals surface area contributed by atoms with Crippen molar-refractivity contribution in [2.45, 2.75) is 45.6 Å². The number of anilines is 1. The van der Waals surface area contributed by atoms with Crippen LogP contribution in [-0.4, -0.2) is 17.8 Å². The summed E-state index contributed by atoms with van der Waals surface area (Å²) < 4.78 is 5.80. The molecule has 32 heavy (non-hydrogen) atoms. The predicted molar refractivity (Wildman–Crippen MR) is 130 cm³/mol. The molecule has 3 rings (SSSR count). The molecule has 3 aromatic rings. The minimum atomic E-state index is -0.683. The van der Waals surface area contributed by atoms with Gasteiger partial charge in [0.15, 0.2) is 11.9 Å². The summed E-state index contributed by atoms with van der Waals surface area (Å²) in [7, 11) is 0. The molecule has 0 saturated carbocycles. The van der Waals surface area contributed by atoms with E-state index in [4.69, 9.17) is 16.3 Å². The third kappa shape index (κ3) is 5.98.